The molecular weight excluding hydrogens is 440 g/mol. The highest BCUT2D eigenvalue weighted by molar-refractivity contribution is 5.95. The SMILES string of the molecule is Cc1ccc(C(N)C(=O)Nc2ccc(F)c(-c3nnc4n3CCCCC4)c2)cc1.Cl.Cl. The van der Waals surface area contributed by atoms with Crippen molar-refractivity contribution < 1.29 is 9.18 Å². The number of amides is 1. The number of benzene rings is 2. The Bertz CT molecular complexity index is 1040. The van der Waals surface area contributed by atoms with E-state index in [2.05, 4.69) is 15.5 Å². The van der Waals surface area contributed by atoms with E-state index in [9.17, 15) is 9.18 Å². The second-order valence-corrected chi connectivity index (χ2v) is 7.47. The second kappa shape index (κ2) is 10.7. The summed E-state index contributed by atoms with van der Waals surface area (Å²) in [7, 11) is 0. The number of aromatic nitrogens is 3. The first kappa shape index (κ1) is 24.8. The highest BCUT2D eigenvalue weighted by Gasteiger charge is 2.20. The Morgan fingerprint density at radius 1 is 1.10 bits per heavy atom. The first-order valence-electron chi connectivity index (χ1n) is 9.88. The van der Waals surface area contributed by atoms with E-state index < -0.39 is 11.9 Å². The van der Waals surface area contributed by atoms with Gasteiger partial charge in [0.05, 0.1) is 5.56 Å². The van der Waals surface area contributed by atoms with E-state index in [1.807, 2.05) is 35.8 Å². The number of anilines is 1. The molecule has 1 atom stereocenters. The fraction of sp³-hybridized carbons (Fsp3) is 0.318. The summed E-state index contributed by atoms with van der Waals surface area (Å²) in [5, 5.41) is 11.2. The third-order valence-corrected chi connectivity index (χ3v) is 5.30. The molecule has 0 bridgehead atoms. The molecule has 6 nitrogen and oxygen atoms in total. The monoisotopic (exact) mass is 465 g/mol. The van der Waals surface area contributed by atoms with E-state index in [-0.39, 0.29) is 30.7 Å². The zero-order valence-corrected chi connectivity index (χ0v) is 18.8. The molecule has 0 radical (unpaired) electrons. The van der Waals surface area contributed by atoms with Crippen LogP contribution in [0.5, 0.6) is 0 Å². The maximum Gasteiger partial charge on any atom is 0.245 e. The number of aryl methyl sites for hydroxylation is 2. The summed E-state index contributed by atoms with van der Waals surface area (Å²) in [6.45, 7) is 2.74. The Labute approximate surface area is 193 Å². The van der Waals surface area contributed by atoms with Crippen LogP contribution >= 0.6 is 24.8 Å². The number of carbonyl (C=O) groups is 1. The van der Waals surface area contributed by atoms with Gasteiger partial charge in [-0.25, -0.2) is 4.39 Å². The van der Waals surface area contributed by atoms with Crippen LogP contribution in [-0.4, -0.2) is 20.7 Å². The number of hydrogen-bond acceptors (Lipinski definition) is 4. The Balaban J connectivity index is 0.00000171. The number of carbonyl (C=O) groups excluding carboxylic acids is 1. The number of halogens is 3. The molecule has 1 aliphatic heterocycles. The number of fused-ring (bicyclic) bond motifs is 1. The smallest absolute Gasteiger partial charge is 0.245 e. The van der Waals surface area contributed by atoms with Gasteiger partial charge in [0.1, 0.15) is 17.7 Å². The number of nitrogens with one attached hydrogen (secondary N) is 1. The summed E-state index contributed by atoms with van der Waals surface area (Å²) in [5.41, 5.74) is 8.71. The van der Waals surface area contributed by atoms with Crippen LogP contribution in [0, 0.1) is 12.7 Å². The molecule has 0 fully saturated rings. The van der Waals surface area contributed by atoms with Crippen molar-refractivity contribution in [2.45, 2.75) is 45.2 Å². The van der Waals surface area contributed by atoms with Gasteiger partial charge in [-0.15, -0.1) is 35.0 Å². The molecule has 9 heteroatoms. The average molecular weight is 466 g/mol. The molecule has 0 saturated heterocycles. The molecule has 31 heavy (non-hydrogen) atoms. The standard InChI is InChI=1S/C22H24FN5O.2ClH/c1-14-6-8-15(9-7-14)20(24)22(29)25-16-10-11-18(23)17(13-16)21-27-26-19-5-3-2-4-12-28(19)21;;/h6-11,13,20H,2-5,12,24H2,1H3,(H,25,29);2*1H. The zero-order chi connectivity index (χ0) is 20.4. The summed E-state index contributed by atoms with van der Waals surface area (Å²) in [4.78, 5) is 12.6. The Hall–Kier alpha value is -2.48. The molecule has 1 aromatic heterocycles. The van der Waals surface area contributed by atoms with Crippen LogP contribution in [0.15, 0.2) is 42.5 Å². The van der Waals surface area contributed by atoms with Gasteiger partial charge in [0.15, 0.2) is 5.82 Å². The van der Waals surface area contributed by atoms with Gasteiger partial charge >= 0.3 is 0 Å². The summed E-state index contributed by atoms with van der Waals surface area (Å²) in [6, 6.07) is 11.1. The highest BCUT2D eigenvalue weighted by atomic mass is 35.5. The fourth-order valence-corrected chi connectivity index (χ4v) is 3.60. The minimum absolute atomic E-state index is 0. The molecule has 3 N–H and O–H groups in total. The summed E-state index contributed by atoms with van der Waals surface area (Å²) in [5.74, 6) is 0.628. The summed E-state index contributed by atoms with van der Waals surface area (Å²) >= 11 is 0. The molecule has 2 heterocycles. The predicted molar refractivity (Wildman–Crippen MR) is 124 cm³/mol. The van der Waals surface area contributed by atoms with E-state index in [4.69, 9.17) is 5.73 Å². The van der Waals surface area contributed by atoms with Crippen molar-refractivity contribution in [3.8, 4) is 11.4 Å². The Morgan fingerprint density at radius 2 is 1.84 bits per heavy atom. The number of rotatable bonds is 4. The van der Waals surface area contributed by atoms with Crippen molar-refractivity contribution in [2.24, 2.45) is 5.73 Å². The van der Waals surface area contributed by atoms with Crippen molar-refractivity contribution in [3.63, 3.8) is 0 Å². The van der Waals surface area contributed by atoms with Crippen LogP contribution < -0.4 is 11.1 Å². The molecular formula is C22H26Cl2FN5O. The first-order valence-corrected chi connectivity index (χ1v) is 9.88. The molecule has 0 saturated carbocycles. The lowest BCUT2D eigenvalue weighted by molar-refractivity contribution is -0.117. The van der Waals surface area contributed by atoms with Gasteiger partial charge < -0.3 is 15.6 Å². The molecule has 3 aromatic rings. The Kier molecular flexibility index (Phi) is 8.56. The molecule has 0 aliphatic carbocycles. The summed E-state index contributed by atoms with van der Waals surface area (Å²) in [6.07, 6.45) is 4.05. The molecule has 1 aliphatic rings. The van der Waals surface area contributed by atoms with Crippen LogP contribution in [0.1, 0.15) is 42.3 Å². The fourth-order valence-electron chi connectivity index (χ4n) is 3.60. The maximum atomic E-state index is 14.6. The molecule has 4 rings (SSSR count). The van der Waals surface area contributed by atoms with Crippen molar-refractivity contribution in [1.29, 1.82) is 0 Å². The van der Waals surface area contributed by atoms with Crippen molar-refractivity contribution in [3.05, 3.63) is 65.2 Å². The minimum atomic E-state index is -0.812. The van der Waals surface area contributed by atoms with Gasteiger partial charge in [-0.3, -0.25) is 4.79 Å². The second-order valence-electron chi connectivity index (χ2n) is 7.47. The van der Waals surface area contributed by atoms with Crippen LogP contribution in [-0.2, 0) is 17.8 Å². The number of nitrogens with zero attached hydrogens (tertiary/aromatic N) is 3. The summed E-state index contributed by atoms with van der Waals surface area (Å²) < 4.78 is 16.6. The lowest BCUT2D eigenvalue weighted by atomic mass is 10.1. The van der Waals surface area contributed by atoms with Gasteiger partial charge in [0.25, 0.3) is 0 Å². The Morgan fingerprint density at radius 3 is 2.58 bits per heavy atom. The van der Waals surface area contributed by atoms with E-state index in [0.29, 0.717) is 17.1 Å². The van der Waals surface area contributed by atoms with Gasteiger partial charge in [-0.2, -0.15) is 0 Å². The van der Waals surface area contributed by atoms with Crippen LogP contribution in [0.3, 0.4) is 0 Å². The predicted octanol–water partition coefficient (Wildman–Crippen LogP) is 4.60. The van der Waals surface area contributed by atoms with Gasteiger partial charge in [-0.1, -0.05) is 36.2 Å². The molecule has 0 spiro atoms. The third-order valence-electron chi connectivity index (χ3n) is 5.30. The average Bonchev–Trinajstić information content (AvgIpc) is 2.97. The van der Waals surface area contributed by atoms with E-state index >= 15 is 0 Å². The van der Waals surface area contributed by atoms with Crippen LogP contribution in [0.2, 0.25) is 0 Å². The highest BCUT2D eigenvalue weighted by Crippen LogP contribution is 2.28. The van der Waals surface area contributed by atoms with E-state index in [1.165, 1.54) is 12.1 Å². The number of hydrogen-bond donors (Lipinski definition) is 2. The maximum absolute atomic E-state index is 14.6. The van der Waals surface area contributed by atoms with E-state index in [0.717, 1.165) is 49.2 Å². The van der Waals surface area contributed by atoms with Gasteiger partial charge in [-0.05, 0) is 43.5 Å². The molecule has 2 aromatic carbocycles. The number of nitrogens with two attached hydrogens (primary N) is 1. The van der Waals surface area contributed by atoms with Crippen LogP contribution in [0.25, 0.3) is 11.4 Å². The van der Waals surface area contributed by atoms with Crippen molar-refractivity contribution >= 4 is 36.4 Å². The normalized spacial score (nSPS) is 13.8. The van der Waals surface area contributed by atoms with Gasteiger partial charge in [0.2, 0.25) is 5.91 Å². The van der Waals surface area contributed by atoms with Crippen LogP contribution in [0.4, 0.5) is 10.1 Å². The molecule has 1 unspecified atom stereocenters. The van der Waals surface area contributed by atoms with Gasteiger partial charge in [0, 0.05) is 18.7 Å². The van der Waals surface area contributed by atoms with Crippen molar-refractivity contribution in [1.82, 2.24) is 14.8 Å². The molecule has 166 valence electrons. The van der Waals surface area contributed by atoms with E-state index in [1.54, 1.807) is 6.07 Å². The lowest BCUT2D eigenvalue weighted by Crippen LogP contribution is -2.27. The third kappa shape index (κ3) is 5.42. The topological polar surface area (TPSA) is 85.8 Å². The minimum Gasteiger partial charge on any atom is -0.324 e. The largest absolute Gasteiger partial charge is 0.324 e. The first-order chi connectivity index (χ1) is 14.0. The lowest BCUT2D eigenvalue weighted by Gasteiger charge is -2.14. The molecule has 1 amide bonds. The quantitative estimate of drug-likeness (QED) is 0.589. The zero-order valence-electron chi connectivity index (χ0n) is 17.2. The van der Waals surface area contributed by atoms with Crippen molar-refractivity contribution in [2.75, 3.05) is 5.32 Å².